The van der Waals surface area contributed by atoms with Gasteiger partial charge in [-0.2, -0.15) is 15.8 Å². The Morgan fingerprint density at radius 2 is 1.73 bits per heavy atom. The maximum absolute atomic E-state index is 13.3. The van der Waals surface area contributed by atoms with Crippen molar-refractivity contribution in [1.82, 2.24) is 25.7 Å². The van der Waals surface area contributed by atoms with E-state index >= 15 is 0 Å². The summed E-state index contributed by atoms with van der Waals surface area (Å²) < 4.78 is 0. The van der Waals surface area contributed by atoms with Crippen LogP contribution in [-0.4, -0.2) is 78.2 Å². The van der Waals surface area contributed by atoms with Crippen LogP contribution in [0.3, 0.4) is 0 Å². The number of nitrogens with one attached hydrogen (secondary N) is 1. The minimum absolute atomic E-state index is 0.000658. The van der Waals surface area contributed by atoms with Gasteiger partial charge in [-0.25, -0.2) is 4.99 Å². The van der Waals surface area contributed by atoms with E-state index in [0.29, 0.717) is 47.7 Å². The molecular weight excluding hydrogens is 508 g/mol. The van der Waals surface area contributed by atoms with Crippen LogP contribution in [0.4, 0.5) is 5.69 Å². The number of nitrogens with two attached hydrogens (primary N) is 3. The van der Waals surface area contributed by atoms with Gasteiger partial charge in [0.05, 0.1) is 11.9 Å². The van der Waals surface area contributed by atoms with Gasteiger partial charge in [0.15, 0.2) is 6.29 Å². The highest BCUT2D eigenvalue weighted by atomic mass is 16.2. The lowest BCUT2D eigenvalue weighted by Gasteiger charge is -2.24. The second-order valence-electron chi connectivity index (χ2n) is 9.70. The van der Waals surface area contributed by atoms with Gasteiger partial charge in [-0.05, 0) is 42.2 Å². The molecule has 0 aliphatic carbocycles. The van der Waals surface area contributed by atoms with Crippen LogP contribution in [0.2, 0.25) is 0 Å². The fourth-order valence-corrected chi connectivity index (χ4v) is 4.39. The van der Waals surface area contributed by atoms with Crippen molar-refractivity contribution >= 4 is 36.0 Å². The highest BCUT2D eigenvalue weighted by Crippen LogP contribution is 2.32. The van der Waals surface area contributed by atoms with Crippen LogP contribution in [0.25, 0.3) is 17.2 Å². The Labute approximate surface area is 235 Å². The molecule has 2 aromatic rings. The van der Waals surface area contributed by atoms with E-state index in [-0.39, 0.29) is 12.6 Å². The number of carbonyl (C=O) groups excluding carboxylic acids is 2. The molecule has 1 amide bonds. The SMILES string of the molecule is CCCN(CCC)C(=O)C1=Cc2ccc(-c3ccc(C=O)c(/C=N\N(C)CN(N)NN(C)N)c3)cc2N=C(N)C1. The summed E-state index contributed by atoms with van der Waals surface area (Å²) in [4.78, 5) is 31.5. The Kier molecular flexibility index (Phi) is 11.1. The van der Waals surface area contributed by atoms with E-state index in [1.165, 1.54) is 10.2 Å². The van der Waals surface area contributed by atoms with E-state index in [0.717, 1.165) is 35.8 Å². The van der Waals surface area contributed by atoms with E-state index in [4.69, 9.17) is 17.4 Å². The summed E-state index contributed by atoms with van der Waals surface area (Å²) in [7, 11) is 3.35. The maximum Gasteiger partial charge on any atom is 0.250 e. The van der Waals surface area contributed by atoms with Crippen LogP contribution in [-0.2, 0) is 4.79 Å². The van der Waals surface area contributed by atoms with Crippen molar-refractivity contribution < 1.29 is 9.59 Å². The summed E-state index contributed by atoms with van der Waals surface area (Å²) in [5.74, 6) is 11.7. The van der Waals surface area contributed by atoms with Crippen LogP contribution in [0.1, 0.15) is 54.6 Å². The van der Waals surface area contributed by atoms with Crippen LogP contribution < -0.4 is 23.0 Å². The molecule has 1 heterocycles. The molecule has 0 saturated carbocycles. The second kappa shape index (κ2) is 14.4. The molecule has 12 heteroatoms. The molecule has 0 spiro atoms. The first-order chi connectivity index (χ1) is 19.1. The number of fused-ring (bicyclic) bond motifs is 1. The summed E-state index contributed by atoms with van der Waals surface area (Å²) in [5, 5.41) is 8.45. The number of hydrogen-bond donors (Lipinski definition) is 4. The van der Waals surface area contributed by atoms with Gasteiger partial charge >= 0.3 is 0 Å². The summed E-state index contributed by atoms with van der Waals surface area (Å²) in [5.41, 5.74) is 14.0. The smallest absolute Gasteiger partial charge is 0.250 e. The summed E-state index contributed by atoms with van der Waals surface area (Å²) >= 11 is 0. The molecule has 0 bridgehead atoms. The third-order valence-corrected chi connectivity index (χ3v) is 6.13. The monoisotopic (exact) mass is 548 g/mol. The zero-order valence-corrected chi connectivity index (χ0v) is 23.7. The topological polar surface area (TPSA) is 162 Å². The average Bonchev–Trinajstić information content (AvgIpc) is 3.08. The first kappa shape index (κ1) is 30.6. The molecule has 12 nitrogen and oxygen atoms in total. The Hall–Kier alpha value is -3.94. The zero-order valence-electron chi connectivity index (χ0n) is 23.7. The number of benzene rings is 2. The van der Waals surface area contributed by atoms with Gasteiger partial charge < -0.3 is 10.6 Å². The number of nitrogens with zero attached hydrogens (tertiary/aromatic N) is 6. The van der Waals surface area contributed by atoms with Crippen LogP contribution in [0, 0.1) is 0 Å². The number of rotatable bonds is 13. The third kappa shape index (κ3) is 8.28. The van der Waals surface area contributed by atoms with Crippen molar-refractivity contribution in [3.63, 3.8) is 0 Å². The van der Waals surface area contributed by atoms with E-state index in [9.17, 15) is 9.59 Å². The van der Waals surface area contributed by atoms with Gasteiger partial charge in [-0.1, -0.05) is 38.1 Å². The standard InChI is InChI=1S/C28H40N10O2/c1-5-11-37(12-6-2)28(40)24-14-22-9-7-21(15-26(22)33-27(29)16-24)20-8-10-23(18-39)25(13-20)17-32-35(3)19-38(31)34-36(4)30/h7-10,13-15,17-18,34H,5-6,11-12,16,19,30-31H2,1-4H3,(H2,29,33)/b32-17-. The molecule has 0 atom stereocenters. The van der Waals surface area contributed by atoms with E-state index in [1.54, 1.807) is 31.4 Å². The number of carbonyl (C=O) groups is 2. The predicted octanol–water partition coefficient (Wildman–Crippen LogP) is 2.21. The van der Waals surface area contributed by atoms with Gasteiger partial charge in [-0.3, -0.25) is 26.3 Å². The Balaban J connectivity index is 1.89. The quantitative estimate of drug-likeness (QED) is 0.0966. The second-order valence-corrected chi connectivity index (χ2v) is 9.70. The lowest BCUT2D eigenvalue weighted by molar-refractivity contribution is -0.127. The van der Waals surface area contributed by atoms with Crippen LogP contribution in [0.5, 0.6) is 0 Å². The summed E-state index contributed by atoms with van der Waals surface area (Å²) in [6, 6.07) is 11.4. The van der Waals surface area contributed by atoms with Crippen molar-refractivity contribution in [2.75, 3.05) is 33.9 Å². The van der Waals surface area contributed by atoms with E-state index < -0.39 is 0 Å². The molecule has 0 aromatic heterocycles. The molecule has 0 fully saturated rings. The number of hydrogen-bond acceptors (Lipinski definition) is 11. The largest absolute Gasteiger partial charge is 0.387 e. The molecule has 40 heavy (non-hydrogen) atoms. The van der Waals surface area contributed by atoms with Gasteiger partial charge in [0.2, 0.25) is 5.91 Å². The van der Waals surface area contributed by atoms with E-state index in [1.807, 2.05) is 41.3 Å². The number of hydrazone groups is 1. The molecule has 214 valence electrons. The van der Waals surface area contributed by atoms with Crippen molar-refractivity contribution in [3.05, 3.63) is 58.7 Å². The van der Waals surface area contributed by atoms with Gasteiger partial charge in [0.1, 0.15) is 12.5 Å². The molecule has 3 rings (SSSR count). The molecule has 7 N–H and O–H groups in total. The highest BCUT2D eigenvalue weighted by molar-refractivity contribution is 6.05. The van der Waals surface area contributed by atoms with Crippen molar-refractivity contribution in [2.24, 2.45) is 27.5 Å². The summed E-state index contributed by atoms with van der Waals surface area (Å²) in [6.07, 6.45) is 6.37. The van der Waals surface area contributed by atoms with Gasteiger partial charge in [-0.15, -0.1) is 5.12 Å². The van der Waals surface area contributed by atoms with Crippen molar-refractivity contribution in [3.8, 4) is 11.1 Å². The maximum atomic E-state index is 13.3. The van der Waals surface area contributed by atoms with Crippen molar-refractivity contribution in [1.29, 1.82) is 0 Å². The average molecular weight is 549 g/mol. The number of hydrazine groups is 4. The summed E-state index contributed by atoms with van der Waals surface area (Å²) in [6.45, 7) is 5.77. The zero-order chi connectivity index (χ0) is 29.2. The Morgan fingerprint density at radius 1 is 1.05 bits per heavy atom. The number of amides is 1. The third-order valence-electron chi connectivity index (χ3n) is 6.13. The van der Waals surface area contributed by atoms with Gasteiger partial charge in [0.25, 0.3) is 0 Å². The molecule has 2 aromatic carbocycles. The number of aldehydes is 1. The molecule has 0 radical (unpaired) electrons. The Morgan fingerprint density at radius 3 is 2.38 bits per heavy atom. The molecule has 0 saturated heterocycles. The van der Waals surface area contributed by atoms with Crippen LogP contribution in [0.15, 0.2) is 52.1 Å². The fraction of sp³-hybridized carbons (Fsp3) is 0.357. The number of amidine groups is 1. The predicted molar refractivity (Wildman–Crippen MR) is 160 cm³/mol. The number of aliphatic imine (C=N–C) groups is 1. The first-order valence-corrected chi connectivity index (χ1v) is 13.2. The minimum atomic E-state index is 0.000658. The lowest BCUT2D eigenvalue weighted by Crippen LogP contribution is -2.56. The molecule has 1 aliphatic rings. The minimum Gasteiger partial charge on any atom is -0.387 e. The first-order valence-electron chi connectivity index (χ1n) is 13.2. The normalized spacial score (nSPS) is 13.2. The van der Waals surface area contributed by atoms with Crippen molar-refractivity contribution in [2.45, 2.75) is 33.1 Å². The molecule has 1 aliphatic heterocycles. The van der Waals surface area contributed by atoms with E-state index in [2.05, 4.69) is 29.5 Å². The molecular formula is C28H40N10O2. The van der Waals surface area contributed by atoms with Crippen LogP contribution >= 0.6 is 0 Å². The highest BCUT2D eigenvalue weighted by Gasteiger charge is 2.21. The Bertz CT molecular complexity index is 1280. The fourth-order valence-electron chi connectivity index (χ4n) is 4.39. The molecule has 0 unspecified atom stereocenters. The lowest BCUT2D eigenvalue weighted by atomic mass is 9.97. The van der Waals surface area contributed by atoms with Gasteiger partial charge in [0, 0.05) is 55.9 Å².